The lowest BCUT2D eigenvalue weighted by molar-refractivity contribution is -0.169. The zero-order chi connectivity index (χ0) is 21.5. The Bertz CT molecular complexity index is 850. The fourth-order valence-corrected chi connectivity index (χ4v) is 4.22. The molecule has 0 radical (unpaired) electrons. The second-order valence-corrected chi connectivity index (χ2v) is 8.53. The number of esters is 1. The standard InChI is InChI=1S/C24H29ClN2O4/c25-22-14-21(20(15-26-22)24(28)31-17-18-6-2-1-3-7-18)27-11-9-19(10-12-27)16-30-23-8-4-5-13-29-23/h1-3,6-7,14-15,19,23H,4-5,8-13,16-17H2. The highest BCUT2D eigenvalue weighted by atomic mass is 35.5. The van der Waals surface area contributed by atoms with Gasteiger partial charge in [0.1, 0.15) is 17.3 Å². The van der Waals surface area contributed by atoms with E-state index in [0.717, 1.165) is 63.2 Å². The van der Waals surface area contributed by atoms with Gasteiger partial charge in [-0.25, -0.2) is 9.78 Å². The molecule has 2 aliphatic heterocycles. The van der Waals surface area contributed by atoms with Gasteiger partial charge in [0, 0.05) is 25.9 Å². The maximum absolute atomic E-state index is 12.8. The summed E-state index contributed by atoms with van der Waals surface area (Å²) >= 11 is 6.15. The Labute approximate surface area is 188 Å². The predicted molar refractivity (Wildman–Crippen MR) is 119 cm³/mol. The van der Waals surface area contributed by atoms with Crippen LogP contribution in [-0.2, 0) is 20.8 Å². The maximum Gasteiger partial charge on any atom is 0.342 e. The van der Waals surface area contributed by atoms with Crippen LogP contribution in [0.2, 0.25) is 5.15 Å². The number of piperidine rings is 1. The number of pyridine rings is 1. The van der Waals surface area contributed by atoms with E-state index in [9.17, 15) is 4.79 Å². The first-order valence-electron chi connectivity index (χ1n) is 11.0. The Morgan fingerprint density at radius 1 is 1.16 bits per heavy atom. The van der Waals surface area contributed by atoms with Crippen molar-refractivity contribution in [3.05, 3.63) is 58.9 Å². The molecule has 4 rings (SSSR count). The predicted octanol–water partition coefficient (Wildman–Crippen LogP) is 4.85. The fourth-order valence-electron chi connectivity index (χ4n) is 4.07. The number of carbonyl (C=O) groups is 1. The van der Waals surface area contributed by atoms with Crippen molar-refractivity contribution < 1.29 is 19.0 Å². The van der Waals surface area contributed by atoms with Gasteiger partial charge in [0.2, 0.25) is 0 Å². The summed E-state index contributed by atoms with van der Waals surface area (Å²) in [6.07, 6.45) is 6.74. The van der Waals surface area contributed by atoms with Gasteiger partial charge in [-0.2, -0.15) is 0 Å². The average Bonchev–Trinajstić information content (AvgIpc) is 2.83. The van der Waals surface area contributed by atoms with Crippen LogP contribution in [0.1, 0.15) is 48.0 Å². The number of anilines is 1. The molecule has 0 aliphatic carbocycles. The van der Waals surface area contributed by atoms with Crippen LogP contribution in [0.4, 0.5) is 5.69 Å². The van der Waals surface area contributed by atoms with Crippen LogP contribution in [0, 0.1) is 5.92 Å². The second kappa shape index (κ2) is 10.9. The highest BCUT2D eigenvalue weighted by molar-refractivity contribution is 6.29. The van der Waals surface area contributed by atoms with Gasteiger partial charge in [-0.15, -0.1) is 0 Å². The topological polar surface area (TPSA) is 60.9 Å². The van der Waals surface area contributed by atoms with Crippen molar-refractivity contribution in [3.8, 4) is 0 Å². The number of carbonyl (C=O) groups excluding carboxylic acids is 1. The molecule has 166 valence electrons. The fraction of sp³-hybridized carbons (Fsp3) is 0.500. The highest BCUT2D eigenvalue weighted by Gasteiger charge is 2.25. The summed E-state index contributed by atoms with van der Waals surface area (Å²) in [5.74, 6) is 0.107. The molecule has 1 unspecified atom stereocenters. The van der Waals surface area contributed by atoms with Crippen molar-refractivity contribution >= 4 is 23.3 Å². The molecule has 0 amide bonds. The lowest BCUT2D eigenvalue weighted by atomic mass is 9.97. The van der Waals surface area contributed by atoms with Crippen molar-refractivity contribution in [1.29, 1.82) is 0 Å². The third-order valence-electron chi connectivity index (χ3n) is 5.89. The Balaban J connectivity index is 1.33. The van der Waals surface area contributed by atoms with Gasteiger partial charge in [0.25, 0.3) is 0 Å². The van der Waals surface area contributed by atoms with Crippen LogP contribution >= 0.6 is 11.6 Å². The molecular weight excluding hydrogens is 416 g/mol. The van der Waals surface area contributed by atoms with Gasteiger partial charge in [-0.1, -0.05) is 41.9 Å². The molecule has 31 heavy (non-hydrogen) atoms. The van der Waals surface area contributed by atoms with Gasteiger partial charge in [0.05, 0.1) is 12.3 Å². The molecule has 0 saturated carbocycles. The van der Waals surface area contributed by atoms with Gasteiger partial charge in [0.15, 0.2) is 6.29 Å². The molecule has 0 bridgehead atoms. The number of halogens is 1. The molecule has 0 N–H and O–H groups in total. The van der Waals surface area contributed by atoms with Crippen molar-refractivity contribution in [1.82, 2.24) is 4.98 Å². The zero-order valence-electron chi connectivity index (χ0n) is 17.7. The van der Waals surface area contributed by atoms with Crippen molar-refractivity contribution in [2.75, 3.05) is 31.2 Å². The SMILES string of the molecule is O=C(OCc1ccccc1)c1cnc(Cl)cc1N1CCC(COC2CCCCO2)CC1. The minimum absolute atomic E-state index is 0.0447. The van der Waals surface area contributed by atoms with Crippen LogP contribution in [0.3, 0.4) is 0 Å². The van der Waals surface area contributed by atoms with Crippen LogP contribution in [-0.4, -0.2) is 43.5 Å². The van der Waals surface area contributed by atoms with E-state index < -0.39 is 0 Å². The molecule has 3 heterocycles. The van der Waals surface area contributed by atoms with Crippen LogP contribution in [0.5, 0.6) is 0 Å². The Hall–Kier alpha value is -2.15. The van der Waals surface area contributed by atoms with Crippen LogP contribution in [0.25, 0.3) is 0 Å². The first-order chi connectivity index (χ1) is 15.2. The Kier molecular flexibility index (Phi) is 7.78. The molecular formula is C24H29ClN2O4. The first kappa shape index (κ1) is 22.1. The number of rotatable bonds is 7. The van der Waals surface area contributed by atoms with E-state index in [1.165, 1.54) is 12.6 Å². The van der Waals surface area contributed by atoms with Crippen LogP contribution < -0.4 is 4.90 Å². The summed E-state index contributed by atoms with van der Waals surface area (Å²) in [6.45, 7) is 3.42. The van der Waals surface area contributed by atoms with E-state index in [4.69, 9.17) is 25.8 Å². The number of aromatic nitrogens is 1. The number of hydrogen-bond acceptors (Lipinski definition) is 6. The molecule has 1 aromatic carbocycles. The van der Waals surface area contributed by atoms with E-state index in [-0.39, 0.29) is 18.9 Å². The molecule has 6 nitrogen and oxygen atoms in total. The maximum atomic E-state index is 12.8. The van der Waals surface area contributed by atoms with Gasteiger partial charge in [-0.3, -0.25) is 0 Å². The third-order valence-corrected chi connectivity index (χ3v) is 6.10. The van der Waals surface area contributed by atoms with Gasteiger partial charge in [-0.05, 0) is 49.7 Å². The van der Waals surface area contributed by atoms with E-state index in [2.05, 4.69) is 9.88 Å². The number of benzene rings is 1. The molecule has 1 aromatic heterocycles. The quantitative estimate of drug-likeness (QED) is 0.449. The monoisotopic (exact) mass is 444 g/mol. The summed E-state index contributed by atoms with van der Waals surface area (Å²) in [5.41, 5.74) is 2.18. The normalized spacial score (nSPS) is 19.9. The summed E-state index contributed by atoms with van der Waals surface area (Å²) in [6, 6.07) is 11.4. The molecule has 2 fully saturated rings. The molecule has 0 spiro atoms. The number of hydrogen-bond donors (Lipinski definition) is 0. The van der Waals surface area contributed by atoms with E-state index in [1.54, 1.807) is 6.07 Å². The molecule has 7 heteroatoms. The molecule has 2 saturated heterocycles. The van der Waals surface area contributed by atoms with Crippen molar-refractivity contribution in [3.63, 3.8) is 0 Å². The van der Waals surface area contributed by atoms with E-state index >= 15 is 0 Å². The Morgan fingerprint density at radius 2 is 1.97 bits per heavy atom. The molecule has 2 aliphatic rings. The third kappa shape index (κ3) is 6.19. The molecule has 1 atom stereocenters. The largest absolute Gasteiger partial charge is 0.457 e. The Morgan fingerprint density at radius 3 is 2.71 bits per heavy atom. The zero-order valence-corrected chi connectivity index (χ0v) is 18.4. The van der Waals surface area contributed by atoms with E-state index in [0.29, 0.717) is 16.6 Å². The smallest absolute Gasteiger partial charge is 0.342 e. The van der Waals surface area contributed by atoms with Crippen LogP contribution in [0.15, 0.2) is 42.6 Å². The minimum atomic E-state index is -0.386. The van der Waals surface area contributed by atoms with Gasteiger partial charge < -0.3 is 19.1 Å². The lowest BCUT2D eigenvalue weighted by Gasteiger charge is -2.35. The van der Waals surface area contributed by atoms with Crippen molar-refractivity contribution in [2.24, 2.45) is 5.92 Å². The first-order valence-corrected chi connectivity index (χ1v) is 11.4. The summed E-state index contributed by atoms with van der Waals surface area (Å²) in [5, 5.41) is 0.370. The number of ether oxygens (including phenoxy) is 3. The lowest BCUT2D eigenvalue weighted by Crippen LogP contribution is -2.37. The van der Waals surface area contributed by atoms with E-state index in [1.807, 2.05) is 30.3 Å². The number of nitrogens with zero attached hydrogens (tertiary/aromatic N) is 2. The average molecular weight is 445 g/mol. The molecule has 2 aromatic rings. The summed E-state index contributed by atoms with van der Waals surface area (Å²) in [4.78, 5) is 19.1. The highest BCUT2D eigenvalue weighted by Crippen LogP contribution is 2.29. The van der Waals surface area contributed by atoms with Crippen molar-refractivity contribution in [2.45, 2.75) is 45.0 Å². The minimum Gasteiger partial charge on any atom is -0.457 e. The summed E-state index contributed by atoms with van der Waals surface area (Å²) < 4.78 is 17.2. The summed E-state index contributed by atoms with van der Waals surface area (Å²) in [7, 11) is 0. The second-order valence-electron chi connectivity index (χ2n) is 8.15. The van der Waals surface area contributed by atoms with Gasteiger partial charge >= 0.3 is 5.97 Å².